The van der Waals surface area contributed by atoms with Crippen LogP contribution in [0.15, 0.2) is 47.8 Å². The Hall–Kier alpha value is -2.26. The maximum atomic E-state index is 2.42. The van der Waals surface area contributed by atoms with Crippen molar-refractivity contribution in [1.82, 2.24) is 4.57 Å². The molecule has 0 aliphatic carbocycles. The van der Waals surface area contributed by atoms with E-state index < -0.39 is 0 Å². The molecule has 0 N–H and O–H groups in total. The number of aromatic nitrogens is 1. The average Bonchev–Trinajstić information content (AvgIpc) is 3.14. The molecule has 2 nitrogen and oxygen atoms in total. The van der Waals surface area contributed by atoms with E-state index in [-0.39, 0.29) is 0 Å². The molecule has 0 fully saturated rings. The SMILES string of the molecule is CCn1c2ccc(N(C)C)cc2c2ccc(-c3cc(C)cs3)cc21. The van der Waals surface area contributed by atoms with E-state index in [9.17, 15) is 0 Å². The fourth-order valence-electron chi connectivity index (χ4n) is 3.44. The van der Waals surface area contributed by atoms with Gasteiger partial charge in [0.05, 0.1) is 0 Å². The number of aryl methyl sites for hydroxylation is 2. The van der Waals surface area contributed by atoms with Crippen LogP contribution in [0.5, 0.6) is 0 Å². The number of hydrogen-bond donors (Lipinski definition) is 0. The van der Waals surface area contributed by atoms with Gasteiger partial charge in [-0.3, -0.25) is 0 Å². The van der Waals surface area contributed by atoms with Crippen molar-refractivity contribution in [2.45, 2.75) is 20.4 Å². The zero-order valence-corrected chi connectivity index (χ0v) is 15.4. The smallest absolute Gasteiger partial charge is 0.0497 e. The van der Waals surface area contributed by atoms with Gasteiger partial charge in [0.15, 0.2) is 0 Å². The Bertz CT molecular complexity index is 1040. The third kappa shape index (κ3) is 2.31. The van der Waals surface area contributed by atoms with E-state index in [0.717, 1.165) is 6.54 Å². The van der Waals surface area contributed by atoms with Gasteiger partial charge in [0.25, 0.3) is 0 Å². The quantitative estimate of drug-likeness (QED) is 0.451. The van der Waals surface area contributed by atoms with E-state index >= 15 is 0 Å². The Balaban J connectivity index is 2.00. The predicted molar refractivity (Wildman–Crippen MR) is 107 cm³/mol. The van der Waals surface area contributed by atoms with E-state index in [1.807, 2.05) is 11.3 Å². The first-order valence-corrected chi connectivity index (χ1v) is 9.25. The van der Waals surface area contributed by atoms with Crippen molar-refractivity contribution < 1.29 is 0 Å². The standard InChI is InChI=1S/C21H22N2S/c1-5-23-19-9-7-16(22(3)4)12-18(19)17-8-6-15(11-20(17)23)21-10-14(2)13-24-21/h6-13H,5H2,1-4H3. The van der Waals surface area contributed by atoms with Gasteiger partial charge < -0.3 is 9.47 Å². The van der Waals surface area contributed by atoms with Crippen molar-refractivity contribution in [3.63, 3.8) is 0 Å². The maximum Gasteiger partial charge on any atom is 0.0497 e. The molecule has 0 saturated heterocycles. The normalized spacial score (nSPS) is 11.5. The number of nitrogens with zero attached hydrogens (tertiary/aromatic N) is 2. The Kier molecular flexibility index (Phi) is 3.61. The topological polar surface area (TPSA) is 8.17 Å². The molecular formula is C21H22N2S. The highest BCUT2D eigenvalue weighted by Gasteiger charge is 2.12. The summed E-state index contributed by atoms with van der Waals surface area (Å²) >= 11 is 1.82. The summed E-state index contributed by atoms with van der Waals surface area (Å²) in [6.45, 7) is 5.36. The van der Waals surface area contributed by atoms with Crippen molar-refractivity contribution in [3.05, 3.63) is 53.4 Å². The van der Waals surface area contributed by atoms with Crippen LogP contribution in [0.3, 0.4) is 0 Å². The van der Waals surface area contributed by atoms with E-state index in [1.165, 1.54) is 43.5 Å². The lowest BCUT2D eigenvalue weighted by molar-refractivity contribution is 0.827. The lowest BCUT2D eigenvalue weighted by atomic mass is 10.1. The van der Waals surface area contributed by atoms with Gasteiger partial charge >= 0.3 is 0 Å². The molecule has 0 aliphatic rings. The highest BCUT2D eigenvalue weighted by molar-refractivity contribution is 7.13. The van der Waals surface area contributed by atoms with Crippen molar-refractivity contribution >= 4 is 38.8 Å². The molecule has 0 radical (unpaired) electrons. The van der Waals surface area contributed by atoms with Gasteiger partial charge in [-0.2, -0.15) is 0 Å². The van der Waals surface area contributed by atoms with Crippen molar-refractivity contribution in [2.24, 2.45) is 0 Å². The zero-order valence-electron chi connectivity index (χ0n) is 14.6. The first-order valence-electron chi connectivity index (χ1n) is 8.37. The predicted octanol–water partition coefficient (Wildman–Crippen LogP) is 5.92. The number of thiophene rings is 1. The zero-order chi connectivity index (χ0) is 16.8. The van der Waals surface area contributed by atoms with Gasteiger partial charge in [0.1, 0.15) is 0 Å². The molecule has 4 rings (SSSR count). The Morgan fingerprint density at radius 3 is 2.46 bits per heavy atom. The third-order valence-corrected chi connectivity index (χ3v) is 5.79. The second-order valence-electron chi connectivity index (χ2n) is 6.56. The van der Waals surface area contributed by atoms with Crippen molar-refractivity contribution in [3.8, 4) is 10.4 Å². The van der Waals surface area contributed by atoms with Crippen LogP contribution in [-0.2, 0) is 6.54 Å². The Morgan fingerprint density at radius 2 is 1.79 bits per heavy atom. The highest BCUT2D eigenvalue weighted by atomic mass is 32.1. The molecule has 122 valence electrons. The molecule has 3 heteroatoms. The molecule has 0 spiro atoms. The summed E-state index contributed by atoms with van der Waals surface area (Å²) in [7, 11) is 4.19. The molecule has 0 atom stereocenters. The monoisotopic (exact) mass is 334 g/mol. The summed E-state index contributed by atoms with van der Waals surface area (Å²) in [6, 6.07) is 15.9. The van der Waals surface area contributed by atoms with Gasteiger partial charge in [0.2, 0.25) is 0 Å². The van der Waals surface area contributed by atoms with Crippen LogP contribution in [-0.4, -0.2) is 18.7 Å². The summed E-state index contributed by atoms with van der Waals surface area (Å²) in [5.41, 5.74) is 6.54. The fraction of sp³-hybridized carbons (Fsp3) is 0.238. The van der Waals surface area contributed by atoms with E-state index in [1.54, 1.807) is 0 Å². The van der Waals surface area contributed by atoms with Crippen LogP contribution in [0.25, 0.3) is 32.2 Å². The lowest BCUT2D eigenvalue weighted by Crippen LogP contribution is -2.08. The number of hydrogen-bond acceptors (Lipinski definition) is 2. The average molecular weight is 334 g/mol. The second-order valence-corrected chi connectivity index (χ2v) is 7.47. The van der Waals surface area contributed by atoms with Gasteiger partial charge in [-0.1, -0.05) is 12.1 Å². The minimum absolute atomic E-state index is 0.980. The first kappa shape index (κ1) is 15.3. The van der Waals surface area contributed by atoms with Gasteiger partial charge in [-0.25, -0.2) is 0 Å². The number of benzene rings is 2. The molecule has 2 aromatic carbocycles. The minimum atomic E-state index is 0.980. The summed E-state index contributed by atoms with van der Waals surface area (Å²) < 4.78 is 2.42. The summed E-state index contributed by atoms with van der Waals surface area (Å²) in [4.78, 5) is 3.51. The molecule has 4 aromatic rings. The number of rotatable bonds is 3. The largest absolute Gasteiger partial charge is 0.378 e. The molecule has 0 aliphatic heterocycles. The van der Waals surface area contributed by atoms with Crippen LogP contribution >= 0.6 is 11.3 Å². The number of fused-ring (bicyclic) bond motifs is 3. The summed E-state index contributed by atoms with van der Waals surface area (Å²) in [5, 5.41) is 4.90. The Labute approximate surface area is 146 Å². The molecule has 2 aromatic heterocycles. The second kappa shape index (κ2) is 5.67. The van der Waals surface area contributed by atoms with E-state index in [4.69, 9.17) is 0 Å². The van der Waals surface area contributed by atoms with Gasteiger partial charge in [-0.05, 0) is 60.7 Å². The fourth-order valence-corrected chi connectivity index (χ4v) is 4.34. The molecule has 0 bridgehead atoms. The van der Waals surface area contributed by atoms with E-state index in [2.05, 4.69) is 85.3 Å². The molecule has 2 heterocycles. The van der Waals surface area contributed by atoms with Crippen LogP contribution in [0.4, 0.5) is 5.69 Å². The van der Waals surface area contributed by atoms with Crippen LogP contribution in [0.2, 0.25) is 0 Å². The molecular weight excluding hydrogens is 312 g/mol. The van der Waals surface area contributed by atoms with Gasteiger partial charge in [0, 0.05) is 53.0 Å². The summed E-state index contributed by atoms with van der Waals surface area (Å²) in [5.74, 6) is 0. The highest BCUT2D eigenvalue weighted by Crippen LogP contribution is 2.35. The maximum absolute atomic E-state index is 2.42. The third-order valence-electron chi connectivity index (χ3n) is 4.70. The van der Waals surface area contributed by atoms with Crippen LogP contribution in [0.1, 0.15) is 12.5 Å². The van der Waals surface area contributed by atoms with Crippen LogP contribution in [0, 0.1) is 6.92 Å². The molecule has 24 heavy (non-hydrogen) atoms. The van der Waals surface area contributed by atoms with E-state index in [0.29, 0.717) is 0 Å². The van der Waals surface area contributed by atoms with Crippen LogP contribution < -0.4 is 4.90 Å². The molecule has 0 saturated carbocycles. The van der Waals surface area contributed by atoms with Gasteiger partial charge in [-0.15, -0.1) is 11.3 Å². The Morgan fingerprint density at radius 1 is 0.958 bits per heavy atom. The molecule has 0 unspecified atom stereocenters. The minimum Gasteiger partial charge on any atom is -0.378 e. The summed E-state index contributed by atoms with van der Waals surface area (Å²) in [6.07, 6.45) is 0. The number of anilines is 1. The first-order chi connectivity index (χ1) is 11.6. The lowest BCUT2D eigenvalue weighted by Gasteiger charge is -2.12. The van der Waals surface area contributed by atoms with Crippen molar-refractivity contribution in [2.75, 3.05) is 19.0 Å². The van der Waals surface area contributed by atoms with Crippen molar-refractivity contribution in [1.29, 1.82) is 0 Å². The molecule has 0 amide bonds.